The molecule has 2 heterocycles. The number of carbonyl (C=O) groups is 2. The Balaban J connectivity index is 1.71. The zero-order valence-corrected chi connectivity index (χ0v) is 13.7. The molecule has 1 aromatic rings. The molecule has 2 saturated heterocycles. The van der Waals surface area contributed by atoms with Crippen molar-refractivity contribution in [3.05, 3.63) is 29.8 Å². The highest BCUT2D eigenvalue weighted by atomic mass is 16.5. The van der Waals surface area contributed by atoms with Crippen LogP contribution in [0.1, 0.15) is 31.7 Å². The molecule has 23 heavy (non-hydrogen) atoms. The van der Waals surface area contributed by atoms with Gasteiger partial charge in [-0.25, -0.2) is 4.90 Å². The van der Waals surface area contributed by atoms with Crippen LogP contribution in [0.15, 0.2) is 24.3 Å². The molecule has 1 atom stereocenters. The Bertz CT molecular complexity index is 564. The Morgan fingerprint density at radius 2 is 1.87 bits per heavy atom. The molecule has 5 nitrogen and oxygen atoms in total. The van der Waals surface area contributed by atoms with Crippen LogP contribution in [-0.4, -0.2) is 44.2 Å². The van der Waals surface area contributed by atoms with E-state index < -0.39 is 0 Å². The molecular weight excluding hydrogens is 292 g/mol. The summed E-state index contributed by atoms with van der Waals surface area (Å²) >= 11 is 0. The number of morpholine rings is 1. The third kappa shape index (κ3) is 3.46. The molecule has 1 aromatic carbocycles. The van der Waals surface area contributed by atoms with Crippen molar-refractivity contribution in [2.24, 2.45) is 0 Å². The van der Waals surface area contributed by atoms with Crippen LogP contribution < -0.4 is 9.80 Å². The number of ether oxygens (including phenoxy) is 1. The molecule has 3 rings (SSSR count). The second-order valence-corrected chi connectivity index (χ2v) is 6.36. The predicted octanol–water partition coefficient (Wildman–Crippen LogP) is 0.576. The van der Waals surface area contributed by atoms with Crippen molar-refractivity contribution in [3.63, 3.8) is 0 Å². The lowest BCUT2D eigenvalue weighted by molar-refractivity contribution is -0.922. The number of quaternary nitrogens is 1. The molecule has 0 bridgehead atoms. The van der Waals surface area contributed by atoms with Crippen LogP contribution in [-0.2, 0) is 20.7 Å². The second kappa shape index (κ2) is 7.23. The third-order valence-corrected chi connectivity index (χ3v) is 4.79. The first-order valence-electron chi connectivity index (χ1n) is 8.58. The van der Waals surface area contributed by atoms with Crippen LogP contribution in [0, 0.1) is 0 Å². The summed E-state index contributed by atoms with van der Waals surface area (Å²) in [5.41, 5.74) is 1.96. The highest BCUT2D eigenvalue weighted by Crippen LogP contribution is 2.23. The number of benzene rings is 1. The molecule has 2 aliphatic heterocycles. The summed E-state index contributed by atoms with van der Waals surface area (Å²) in [7, 11) is 0. The standard InChI is InChI=1S/C18H24N2O3/c1-2-3-4-14-5-7-15(8-6-14)20-17(21)13-16(18(20)22)19-9-11-23-12-10-19/h5-8,16H,2-4,9-13H2,1H3/p+1/t16-/m0/s1. The van der Waals surface area contributed by atoms with Gasteiger partial charge in [0.1, 0.15) is 13.1 Å². The van der Waals surface area contributed by atoms with Gasteiger partial charge < -0.3 is 9.64 Å². The van der Waals surface area contributed by atoms with E-state index in [1.807, 2.05) is 24.3 Å². The van der Waals surface area contributed by atoms with Crippen molar-refractivity contribution >= 4 is 17.5 Å². The molecule has 0 aliphatic carbocycles. The SMILES string of the molecule is CCCCc1ccc(N2C(=O)C[C@H]([NH+]3CCOCC3)C2=O)cc1. The van der Waals surface area contributed by atoms with Gasteiger partial charge in [0.2, 0.25) is 5.91 Å². The van der Waals surface area contributed by atoms with Gasteiger partial charge in [0, 0.05) is 0 Å². The van der Waals surface area contributed by atoms with Gasteiger partial charge in [-0.05, 0) is 30.5 Å². The van der Waals surface area contributed by atoms with E-state index >= 15 is 0 Å². The lowest BCUT2D eigenvalue weighted by Crippen LogP contribution is -3.18. The monoisotopic (exact) mass is 317 g/mol. The van der Waals surface area contributed by atoms with Crippen LogP contribution in [0.25, 0.3) is 0 Å². The van der Waals surface area contributed by atoms with Gasteiger partial charge in [-0.2, -0.15) is 0 Å². The molecule has 5 heteroatoms. The molecule has 2 aliphatic rings. The van der Waals surface area contributed by atoms with Crippen molar-refractivity contribution in [3.8, 4) is 0 Å². The van der Waals surface area contributed by atoms with E-state index in [9.17, 15) is 9.59 Å². The van der Waals surface area contributed by atoms with Gasteiger partial charge in [-0.3, -0.25) is 9.59 Å². The fraction of sp³-hybridized carbons (Fsp3) is 0.556. The molecule has 0 saturated carbocycles. The lowest BCUT2D eigenvalue weighted by Gasteiger charge is -2.27. The van der Waals surface area contributed by atoms with Crippen LogP contribution in [0.5, 0.6) is 0 Å². The van der Waals surface area contributed by atoms with Gasteiger partial charge >= 0.3 is 0 Å². The Labute approximate surface area is 137 Å². The highest BCUT2D eigenvalue weighted by molar-refractivity contribution is 6.21. The maximum atomic E-state index is 12.7. The maximum absolute atomic E-state index is 12.7. The number of rotatable bonds is 5. The molecule has 0 radical (unpaired) electrons. The zero-order chi connectivity index (χ0) is 16.2. The number of nitrogens with zero attached hydrogens (tertiary/aromatic N) is 1. The van der Waals surface area contributed by atoms with Gasteiger partial charge in [0.15, 0.2) is 6.04 Å². The Hall–Kier alpha value is -1.72. The topological polar surface area (TPSA) is 51.1 Å². The zero-order valence-electron chi connectivity index (χ0n) is 13.7. The number of nitrogens with one attached hydrogen (secondary N) is 1. The van der Waals surface area contributed by atoms with Gasteiger partial charge in [-0.1, -0.05) is 25.5 Å². The van der Waals surface area contributed by atoms with Crippen molar-refractivity contribution in [2.75, 3.05) is 31.2 Å². The van der Waals surface area contributed by atoms with Crippen LogP contribution in [0.4, 0.5) is 5.69 Å². The number of amides is 2. The van der Waals surface area contributed by atoms with E-state index in [-0.39, 0.29) is 17.9 Å². The van der Waals surface area contributed by atoms with Gasteiger partial charge in [0.05, 0.1) is 25.3 Å². The molecule has 0 aromatic heterocycles. The summed E-state index contributed by atoms with van der Waals surface area (Å²) < 4.78 is 5.35. The quantitative estimate of drug-likeness (QED) is 0.808. The van der Waals surface area contributed by atoms with E-state index in [0.717, 1.165) is 32.4 Å². The lowest BCUT2D eigenvalue weighted by atomic mass is 10.1. The highest BCUT2D eigenvalue weighted by Gasteiger charge is 2.45. The van der Waals surface area contributed by atoms with Crippen LogP contribution in [0.3, 0.4) is 0 Å². The molecule has 1 N–H and O–H groups in total. The number of hydrogen-bond acceptors (Lipinski definition) is 3. The number of anilines is 1. The maximum Gasteiger partial charge on any atom is 0.292 e. The van der Waals surface area contributed by atoms with E-state index in [2.05, 4.69) is 6.92 Å². The fourth-order valence-electron chi connectivity index (χ4n) is 3.40. The van der Waals surface area contributed by atoms with Crippen molar-refractivity contribution in [1.82, 2.24) is 0 Å². The first-order chi connectivity index (χ1) is 11.2. The minimum atomic E-state index is -0.244. The van der Waals surface area contributed by atoms with Crippen LogP contribution in [0.2, 0.25) is 0 Å². The summed E-state index contributed by atoms with van der Waals surface area (Å²) in [4.78, 5) is 27.6. The molecule has 0 spiro atoms. The molecular formula is C18H25N2O3+. The average molecular weight is 317 g/mol. The summed E-state index contributed by atoms with van der Waals surface area (Å²) in [5, 5.41) is 0. The summed E-state index contributed by atoms with van der Waals surface area (Å²) in [6.45, 7) is 5.10. The molecule has 124 valence electrons. The molecule has 2 fully saturated rings. The number of imide groups is 1. The van der Waals surface area contributed by atoms with E-state index in [1.54, 1.807) is 0 Å². The van der Waals surface area contributed by atoms with E-state index in [0.29, 0.717) is 25.3 Å². The number of unbranched alkanes of at least 4 members (excludes halogenated alkanes) is 1. The second-order valence-electron chi connectivity index (χ2n) is 6.36. The largest absolute Gasteiger partial charge is 0.370 e. The normalized spacial score (nSPS) is 22.8. The average Bonchev–Trinajstić information content (AvgIpc) is 2.89. The smallest absolute Gasteiger partial charge is 0.292 e. The molecule has 0 unspecified atom stereocenters. The third-order valence-electron chi connectivity index (χ3n) is 4.79. The Morgan fingerprint density at radius 1 is 1.17 bits per heavy atom. The molecule has 2 amide bonds. The van der Waals surface area contributed by atoms with E-state index in [1.165, 1.54) is 15.4 Å². The van der Waals surface area contributed by atoms with Gasteiger partial charge in [-0.15, -0.1) is 0 Å². The summed E-state index contributed by atoms with van der Waals surface area (Å²) in [6, 6.07) is 7.61. The number of carbonyl (C=O) groups excluding carboxylic acids is 2. The van der Waals surface area contributed by atoms with Crippen molar-refractivity contribution in [2.45, 2.75) is 38.6 Å². The Morgan fingerprint density at radius 3 is 2.52 bits per heavy atom. The summed E-state index contributed by atoms with van der Waals surface area (Å²) in [5.74, 6) is -0.145. The fourth-order valence-corrected chi connectivity index (χ4v) is 3.40. The predicted molar refractivity (Wildman–Crippen MR) is 87.5 cm³/mol. The van der Waals surface area contributed by atoms with E-state index in [4.69, 9.17) is 4.74 Å². The van der Waals surface area contributed by atoms with Crippen molar-refractivity contribution in [1.29, 1.82) is 0 Å². The minimum Gasteiger partial charge on any atom is -0.370 e. The van der Waals surface area contributed by atoms with Crippen LogP contribution >= 0.6 is 0 Å². The number of hydrogen-bond donors (Lipinski definition) is 1. The van der Waals surface area contributed by atoms with Crippen molar-refractivity contribution < 1.29 is 19.2 Å². The first-order valence-corrected chi connectivity index (χ1v) is 8.58. The first kappa shape index (κ1) is 16.1. The van der Waals surface area contributed by atoms with Gasteiger partial charge in [0.25, 0.3) is 5.91 Å². The minimum absolute atomic E-state index is 0.0618. The Kier molecular flexibility index (Phi) is 5.08. The summed E-state index contributed by atoms with van der Waals surface area (Å²) in [6.07, 6.45) is 3.67. The number of aryl methyl sites for hydroxylation is 1.